The van der Waals surface area contributed by atoms with Gasteiger partial charge in [0.25, 0.3) is 5.91 Å². The molecule has 0 radical (unpaired) electrons. The zero-order valence-electron chi connectivity index (χ0n) is 11.1. The first kappa shape index (κ1) is 13.2. The molecule has 0 aliphatic carbocycles. The number of nitrogens with one attached hydrogen (secondary N) is 2. The molecule has 0 aliphatic rings. The summed E-state index contributed by atoms with van der Waals surface area (Å²) in [5.41, 5.74) is 1.42. The van der Waals surface area contributed by atoms with E-state index in [0.717, 1.165) is 24.5 Å². The molecule has 6 heteroatoms. The lowest BCUT2D eigenvalue weighted by Gasteiger charge is -2.08. The van der Waals surface area contributed by atoms with Crippen molar-refractivity contribution in [1.82, 2.24) is 25.4 Å². The maximum Gasteiger partial charge on any atom is 0.271 e. The number of aromatic nitrogens is 3. The summed E-state index contributed by atoms with van der Waals surface area (Å²) in [5, 5.41) is 10.0. The van der Waals surface area contributed by atoms with Crippen molar-refractivity contribution in [3.63, 3.8) is 0 Å². The zero-order chi connectivity index (χ0) is 13.7. The Balaban J connectivity index is 2.30. The van der Waals surface area contributed by atoms with Crippen LogP contribution in [0, 0.1) is 0 Å². The van der Waals surface area contributed by atoms with E-state index < -0.39 is 0 Å². The van der Waals surface area contributed by atoms with Crippen molar-refractivity contribution in [1.29, 1.82) is 0 Å². The van der Waals surface area contributed by atoms with Crippen LogP contribution in [-0.4, -0.2) is 34.3 Å². The summed E-state index contributed by atoms with van der Waals surface area (Å²) in [6.07, 6.45) is 3.45. The third-order valence-corrected chi connectivity index (χ3v) is 2.70. The van der Waals surface area contributed by atoms with Gasteiger partial charge in [0.15, 0.2) is 11.5 Å². The molecule has 0 unspecified atom stereocenters. The lowest BCUT2D eigenvalue weighted by atomic mass is 10.2. The summed E-state index contributed by atoms with van der Waals surface area (Å²) in [7, 11) is 1.58. The van der Waals surface area contributed by atoms with Crippen molar-refractivity contribution in [2.75, 3.05) is 13.6 Å². The van der Waals surface area contributed by atoms with Crippen LogP contribution in [0.25, 0.3) is 5.82 Å². The van der Waals surface area contributed by atoms with E-state index in [-0.39, 0.29) is 5.91 Å². The Bertz CT molecular complexity index is 564. The number of carbonyl (C=O) groups is 1. The third-order valence-electron chi connectivity index (χ3n) is 2.70. The Morgan fingerprint density at radius 1 is 1.42 bits per heavy atom. The highest BCUT2D eigenvalue weighted by Crippen LogP contribution is 2.11. The van der Waals surface area contributed by atoms with Gasteiger partial charge in [0, 0.05) is 31.5 Å². The van der Waals surface area contributed by atoms with Crippen LogP contribution in [0.4, 0.5) is 0 Å². The average Bonchev–Trinajstić information content (AvgIpc) is 2.94. The van der Waals surface area contributed by atoms with Gasteiger partial charge in [-0.15, -0.1) is 0 Å². The predicted molar refractivity (Wildman–Crippen MR) is 72.1 cm³/mol. The van der Waals surface area contributed by atoms with E-state index in [1.165, 1.54) is 0 Å². The Morgan fingerprint density at radius 2 is 2.26 bits per heavy atom. The molecule has 2 rings (SSSR count). The van der Waals surface area contributed by atoms with E-state index in [4.69, 9.17) is 0 Å². The summed E-state index contributed by atoms with van der Waals surface area (Å²) < 4.78 is 1.62. The Labute approximate surface area is 111 Å². The van der Waals surface area contributed by atoms with Gasteiger partial charge < -0.3 is 10.6 Å². The topological polar surface area (TPSA) is 71.8 Å². The van der Waals surface area contributed by atoms with Crippen LogP contribution in [0.1, 0.15) is 23.0 Å². The second-order valence-electron chi connectivity index (χ2n) is 3.99. The summed E-state index contributed by atoms with van der Waals surface area (Å²) in [6.45, 7) is 3.65. The molecular weight excluding hydrogens is 242 g/mol. The smallest absolute Gasteiger partial charge is 0.271 e. The minimum Gasteiger partial charge on any atom is -0.354 e. The number of pyridine rings is 1. The molecule has 6 nitrogen and oxygen atoms in total. The largest absolute Gasteiger partial charge is 0.354 e. The Kier molecular flexibility index (Phi) is 4.25. The summed E-state index contributed by atoms with van der Waals surface area (Å²) in [4.78, 5) is 15.8. The molecule has 2 aromatic rings. The predicted octanol–water partition coefficient (Wildman–Crippen LogP) is 0.736. The molecule has 0 saturated heterocycles. The molecule has 0 saturated carbocycles. The molecule has 2 aromatic heterocycles. The molecule has 0 spiro atoms. The van der Waals surface area contributed by atoms with Gasteiger partial charge in [-0.1, -0.05) is 13.0 Å². The minimum atomic E-state index is -0.206. The SMILES string of the molecule is CCNCc1cccnc1-n1ccc(C(=O)NC)n1. The van der Waals surface area contributed by atoms with Gasteiger partial charge in [-0.05, 0) is 18.7 Å². The van der Waals surface area contributed by atoms with Crippen LogP contribution in [0.5, 0.6) is 0 Å². The van der Waals surface area contributed by atoms with Gasteiger partial charge in [0.1, 0.15) is 0 Å². The van der Waals surface area contributed by atoms with Crippen LogP contribution in [0.15, 0.2) is 30.6 Å². The fourth-order valence-corrected chi connectivity index (χ4v) is 1.73. The van der Waals surface area contributed by atoms with Crippen LogP contribution < -0.4 is 10.6 Å². The normalized spacial score (nSPS) is 10.4. The minimum absolute atomic E-state index is 0.206. The molecule has 1 amide bonds. The monoisotopic (exact) mass is 259 g/mol. The fourth-order valence-electron chi connectivity index (χ4n) is 1.73. The summed E-state index contributed by atoms with van der Waals surface area (Å²) in [6, 6.07) is 5.55. The van der Waals surface area contributed by atoms with Gasteiger partial charge in [0.05, 0.1) is 0 Å². The Hall–Kier alpha value is -2.21. The number of carbonyl (C=O) groups excluding carboxylic acids is 1. The van der Waals surface area contributed by atoms with Gasteiger partial charge in [-0.2, -0.15) is 5.10 Å². The molecule has 2 N–H and O–H groups in total. The van der Waals surface area contributed by atoms with Crippen molar-refractivity contribution in [2.24, 2.45) is 0 Å². The van der Waals surface area contributed by atoms with Crippen LogP contribution in [0.3, 0.4) is 0 Å². The number of amides is 1. The number of nitrogens with zero attached hydrogens (tertiary/aromatic N) is 3. The number of hydrogen-bond donors (Lipinski definition) is 2. The first-order valence-corrected chi connectivity index (χ1v) is 6.19. The fraction of sp³-hybridized carbons (Fsp3) is 0.308. The maximum atomic E-state index is 11.5. The van der Waals surface area contributed by atoms with Gasteiger partial charge in [0.2, 0.25) is 0 Å². The van der Waals surface area contributed by atoms with Crippen molar-refractivity contribution in [2.45, 2.75) is 13.5 Å². The first-order valence-electron chi connectivity index (χ1n) is 6.19. The van der Waals surface area contributed by atoms with Crippen molar-refractivity contribution in [3.05, 3.63) is 41.9 Å². The molecule has 0 aliphatic heterocycles. The molecular formula is C13H17N5O. The van der Waals surface area contributed by atoms with Crippen molar-refractivity contribution < 1.29 is 4.79 Å². The molecule has 19 heavy (non-hydrogen) atoms. The van der Waals surface area contributed by atoms with Crippen LogP contribution in [-0.2, 0) is 6.54 Å². The summed E-state index contributed by atoms with van der Waals surface area (Å²) >= 11 is 0. The zero-order valence-corrected chi connectivity index (χ0v) is 11.1. The van der Waals surface area contributed by atoms with Crippen LogP contribution >= 0.6 is 0 Å². The van der Waals surface area contributed by atoms with Gasteiger partial charge >= 0.3 is 0 Å². The summed E-state index contributed by atoms with van der Waals surface area (Å²) in [5.74, 6) is 0.529. The highest BCUT2D eigenvalue weighted by atomic mass is 16.1. The lowest BCUT2D eigenvalue weighted by molar-refractivity contribution is 0.0957. The van der Waals surface area contributed by atoms with Gasteiger partial charge in [-0.25, -0.2) is 9.67 Å². The van der Waals surface area contributed by atoms with E-state index in [1.807, 2.05) is 19.1 Å². The van der Waals surface area contributed by atoms with E-state index >= 15 is 0 Å². The van der Waals surface area contributed by atoms with E-state index in [1.54, 1.807) is 30.2 Å². The number of rotatable bonds is 5. The maximum absolute atomic E-state index is 11.5. The lowest BCUT2D eigenvalue weighted by Crippen LogP contribution is -2.19. The average molecular weight is 259 g/mol. The van der Waals surface area contributed by atoms with Crippen molar-refractivity contribution >= 4 is 5.91 Å². The van der Waals surface area contributed by atoms with E-state index in [2.05, 4.69) is 20.7 Å². The quantitative estimate of drug-likeness (QED) is 0.830. The van der Waals surface area contributed by atoms with Crippen molar-refractivity contribution in [3.8, 4) is 5.82 Å². The van der Waals surface area contributed by atoms with E-state index in [9.17, 15) is 4.79 Å². The second-order valence-corrected chi connectivity index (χ2v) is 3.99. The second kappa shape index (κ2) is 6.10. The van der Waals surface area contributed by atoms with Crippen LogP contribution in [0.2, 0.25) is 0 Å². The molecule has 2 heterocycles. The first-order chi connectivity index (χ1) is 9.26. The molecule has 100 valence electrons. The Morgan fingerprint density at radius 3 is 3.00 bits per heavy atom. The highest BCUT2D eigenvalue weighted by Gasteiger charge is 2.11. The molecule has 0 atom stereocenters. The number of hydrogen-bond acceptors (Lipinski definition) is 4. The molecule has 0 fully saturated rings. The highest BCUT2D eigenvalue weighted by molar-refractivity contribution is 5.91. The van der Waals surface area contributed by atoms with E-state index in [0.29, 0.717) is 5.69 Å². The molecule has 0 bridgehead atoms. The van der Waals surface area contributed by atoms with Gasteiger partial charge in [-0.3, -0.25) is 4.79 Å². The molecule has 0 aromatic carbocycles. The standard InChI is InChI=1S/C13H17N5O/c1-3-15-9-10-5-4-7-16-12(10)18-8-6-11(17-18)13(19)14-2/h4-8,15H,3,9H2,1-2H3,(H,14,19). The third kappa shape index (κ3) is 2.97.